The zero-order valence-electron chi connectivity index (χ0n) is 13.3. The Hall–Kier alpha value is -1.92. The molecule has 0 atom stereocenters. The standard InChI is InChI=1S/C17H18ClN3O2S/c1-2-7-21-15-6-5-12(18)9-14(15)20-17(21)24-11-16(22)19-10-13-4-3-8-23-13/h3-6,8-9H,2,7,10-11H2,1H3,(H,19,22). The fraction of sp³-hybridized carbons (Fsp3) is 0.294. The highest BCUT2D eigenvalue weighted by molar-refractivity contribution is 7.99. The van der Waals surface area contributed by atoms with Gasteiger partial charge in [0.1, 0.15) is 5.76 Å². The molecular formula is C17H18ClN3O2S. The summed E-state index contributed by atoms with van der Waals surface area (Å²) in [5, 5.41) is 4.34. The van der Waals surface area contributed by atoms with Crippen molar-refractivity contribution in [1.29, 1.82) is 0 Å². The molecule has 0 bridgehead atoms. The van der Waals surface area contributed by atoms with E-state index in [9.17, 15) is 4.79 Å². The van der Waals surface area contributed by atoms with Crippen molar-refractivity contribution < 1.29 is 9.21 Å². The lowest BCUT2D eigenvalue weighted by molar-refractivity contribution is -0.118. The summed E-state index contributed by atoms with van der Waals surface area (Å²) < 4.78 is 7.33. The average Bonchev–Trinajstić information content (AvgIpc) is 3.19. The van der Waals surface area contributed by atoms with E-state index in [4.69, 9.17) is 16.0 Å². The lowest BCUT2D eigenvalue weighted by Gasteiger charge is -2.07. The highest BCUT2D eigenvalue weighted by Crippen LogP contribution is 2.26. The first-order chi connectivity index (χ1) is 11.7. The van der Waals surface area contributed by atoms with Crippen LogP contribution >= 0.6 is 23.4 Å². The minimum atomic E-state index is -0.0514. The molecule has 126 valence electrons. The van der Waals surface area contributed by atoms with E-state index in [-0.39, 0.29) is 5.91 Å². The van der Waals surface area contributed by atoms with Crippen LogP contribution in [0.5, 0.6) is 0 Å². The number of hydrogen-bond acceptors (Lipinski definition) is 4. The molecule has 1 N–H and O–H groups in total. The third kappa shape index (κ3) is 3.94. The van der Waals surface area contributed by atoms with Gasteiger partial charge in [-0.2, -0.15) is 0 Å². The second-order valence-corrected chi connectivity index (χ2v) is 6.70. The molecule has 0 aliphatic heterocycles. The number of furan rings is 1. The number of aromatic nitrogens is 2. The number of nitrogens with zero attached hydrogens (tertiary/aromatic N) is 2. The third-order valence-electron chi connectivity index (χ3n) is 3.49. The first-order valence-corrected chi connectivity index (χ1v) is 9.11. The van der Waals surface area contributed by atoms with Crippen molar-refractivity contribution in [3.05, 3.63) is 47.4 Å². The molecule has 5 nitrogen and oxygen atoms in total. The van der Waals surface area contributed by atoms with Gasteiger partial charge in [0.15, 0.2) is 5.16 Å². The van der Waals surface area contributed by atoms with E-state index in [0.717, 1.165) is 34.9 Å². The van der Waals surface area contributed by atoms with Crippen molar-refractivity contribution in [2.24, 2.45) is 0 Å². The number of imidazole rings is 1. The largest absolute Gasteiger partial charge is 0.467 e. The number of fused-ring (bicyclic) bond motifs is 1. The normalized spacial score (nSPS) is 11.1. The number of amides is 1. The lowest BCUT2D eigenvalue weighted by atomic mass is 10.3. The highest BCUT2D eigenvalue weighted by atomic mass is 35.5. The number of nitrogens with one attached hydrogen (secondary N) is 1. The van der Waals surface area contributed by atoms with Crippen molar-refractivity contribution >= 4 is 40.3 Å². The number of hydrogen-bond donors (Lipinski definition) is 1. The van der Waals surface area contributed by atoms with Gasteiger partial charge in [-0.1, -0.05) is 30.3 Å². The maximum absolute atomic E-state index is 12.0. The molecule has 0 saturated carbocycles. The van der Waals surface area contributed by atoms with E-state index in [2.05, 4.69) is 21.8 Å². The van der Waals surface area contributed by atoms with E-state index in [1.54, 1.807) is 12.3 Å². The zero-order chi connectivity index (χ0) is 16.9. The van der Waals surface area contributed by atoms with Crippen LogP contribution in [0.2, 0.25) is 5.02 Å². The molecular weight excluding hydrogens is 346 g/mol. The van der Waals surface area contributed by atoms with E-state index < -0.39 is 0 Å². The minimum Gasteiger partial charge on any atom is -0.467 e. The molecule has 0 unspecified atom stereocenters. The number of halogens is 1. The lowest BCUT2D eigenvalue weighted by Crippen LogP contribution is -2.24. The van der Waals surface area contributed by atoms with E-state index in [0.29, 0.717) is 17.3 Å². The molecule has 2 aromatic heterocycles. The number of carbonyl (C=O) groups is 1. The van der Waals surface area contributed by atoms with Gasteiger partial charge in [0, 0.05) is 11.6 Å². The van der Waals surface area contributed by atoms with Crippen molar-refractivity contribution in [3.8, 4) is 0 Å². The summed E-state index contributed by atoms with van der Waals surface area (Å²) in [4.78, 5) is 16.6. The van der Waals surface area contributed by atoms with Crippen molar-refractivity contribution in [2.75, 3.05) is 5.75 Å². The molecule has 0 radical (unpaired) electrons. The molecule has 7 heteroatoms. The van der Waals surface area contributed by atoms with Gasteiger partial charge in [-0.25, -0.2) is 4.98 Å². The molecule has 3 rings (SSSR count). The first-order valence-electron chi connectivity index (χ1n) is 7.75. The molecule has 24 heavy (non-hydrogen) atoms. The molecule has 0 saturated heterocycles. The number of aryl methyl sites for hydroxylation is 1. The SMILES string of the molecule is CCCn1c(SCC(=O)NCc2ccco2)nc2cc(Cl)ccc21. The van der Waals surface area contributed by atoms with E-state index in [1.807, 2.05) is 24.3 Å². The maximum Gasteiger partial charge on any atom is 0.230 e. The Bertz CT molecular complexity index is 830. The van der Waals surface area contributed by atoms with Crippen LogP contribution in [-0.2, 0) is 17.9 Å². The van der Waals surface area contributed by atoms with Crippen molar-refractivity contribution in [2.45, 2.75) is 31.6 Å². The van der Waals surface area contributed by atoms with Crippen LogP contribution in [0.3, 0.4) is 0 Å². The highest BCUT2D eigenvalue weighted by Gasteiger charge is 2.13. The topological polar surface area (TPSA) is 60.1 Å². The summed E-state index contributed by atoms with van der Waals surface area (Å²) in [6, 6.07) is 9.32. The molecule has 0 spiro atoms. The van der Waals surface area contributed by atoms with Crippen molar-refractivity contribution in [3.63, 3.8) is 0 Å². The van der Waals surface area contributed by atoms with Crippen molar-refractivity contribution in [1.82, 2.24) is 14.9 Å². The second-order valence-electron chi connectivity index (χ2n) is 5.32. The predicted octanol–water partition coefficient (Wildman–Crippen LogP) is 4.10. The zero-order valence-corrected chi connectivity index (χ0v) is 14.9. The van der Waals surface area contributed by atoms with Crippen LogP contribution in [0.4, 0.5) is 0 Å². The van der Waals surface area contributed by atoms with Gasteiger partial charge in [-0.3, -0.25) is 4.79 Å². The Labute approximate surface area is 149 Å². The van der Waals surface area contributed by atoms with Gasteiger partial charge in [-0.15, -0.1) is 0 Å². The Morgan fingerprint density at radius 2 is 2.29 bits per heavy atom. The van der Waals surface area contributed by atoms with Crippen LogP contribution in [0.25, 0.3) is 11.0 Å². The van der Waals surface area contributed by atoms with Gasteiger partial charge in [0.05, 0.1) is 29.6 Å². The summed E-state index contributed by atoms with van der Waals surface area (Å²) in [5.41, 5.74) is 1.90. The molecule has 1 aromatic carbocycles. The van der Waals surface area contributed by atoms with Crippen LogP contribution in [0.1, 0.15) is 19.1 Å². The Morgan fingerprint density at radius 1 is 1.42 bits per heavy atom. The summed E-state index contributed by atoms with van der Waals surface area (Å²) >= 11 is 7.48. The van der Waals surface area contributed by atoms with Crippen LogP contribution in [-0.4, -0.2) is 21.2 Å². The summed E-state index contributed by atoms with van der Waals surface area (Å²) in [6.45, 7) is 3.37. The van der Waals surface area contributed by atoms with Crippen LogP contribution < -0.4 is 5.32 Å². The first kappa shape index (κ1) is 16.9. The fourth-order valence-electron chi connectivity index (χ4n) is 2.41. The number of carbonyl (C=O) groups excluding carboxylic acids is 1. The molecule has 0 aliphatic carbocycles. The Morgan fingerprint density at radius 3 is 3.04 bits per heavy atom. The third-order valence-corrected chi connectivity index (χ3v) is 4.71. The maximum atomic E-state index is 12.0. The van der Waals surface area contributed by atoms with E-state index >= 15 is 0 Å². The number of thioether (sulfide) groups is 1. The van der Waals surface area contributed by atoms with Gasteiger partial charge in [0.25, 0.3) is 0 Å². The van der Waals surface area contributed by atoms with E-state index in [1.165, 1.54) is 11.8 Å². The molecule has 1 amide bonds. The summed E-state index contributed by atoms with van der Waals surface area (Å²) in [5.74, 6) is 0.993. The molecule has 0 aliphatic rings. The molecule has 2 heterocycles. The Balaban J connectivity index is 1.67. The Kier molecular flexibility index (Phi) is 5.48. The molecule has 0 fully saturated rings. The number of benzene rings is 1. The van der Waals surface area contributed by atoms with Gasteiger partial charge >= 0.3 is 0 Å². The quantitative estimate of drug-likeness (QED) is 0.642. The van der Waals surface area contributed by atoms with Gasteiger partial charge in [-0.05, 0) is 36.8 Å². The van der Waals surface area contributed by atoms with Crippen LogP contribution in [0, 0.1) is 0 Å². The average molecular weight is 364 g/mol. The number of rotatable bonds is 7. The minimum absolute atomic E-state index is 0.0514. The van der Waals surface area contributed by atoms with Gasteiger partial charge in [0.2, 0.25) is 5.91 Å². The monoisotopic (exact) mass is 363 g/mol. The summed E-state index contributed by atoms with van der Waals surface area (Å²) in [6.07, 6.45) is 2.58. The fourth-order valence-corrected chi connectivity index (χ4v) is 3.45. The van der Waals surface area contributed by atoms with Gasteiger partial charge < -0.3 is 14.3 Å². The predicted molar refractivity (Wildman–Crippen MR) is 96.3 cm³/mol. The smallest absolute Gasteiger partial charge is 0.230 e. The summed E-state index contributed by atoms with van der Waals surface area (Å²) in [7, 11) is 0. The second kappa shape index (κ2) is 7.77. The molecule has 3 aromatic rings. The van der Waals surface area contributed by atoms with Crippen LogP contribution in [0.15, 0.2) is 46.2 Å².